The van der Waals surface area contributed by atoms with Crippen molar-refractivity contribution in [3.8, 4) is 0 Å². The Hall–Kier alpha value is -1.95. The number of carbonyl (C=O) groups is 1. The molecule has 1 aromatic heterocycles. The summed E-state index contributed by atoms with van der Waals surface area (Å²) >= 11 is 3.40. The monoisotopic (exact) mass is 321 g/mol. The number of rotatable bonds is 4. The zero-order valence-electron chi connectivity index (χ0n) is 10.2. The van der Waals surface area contributed by atoms with Gasteiger partial charge in [0.25, 0.3) is 0 Å². The number of carboxylic acid groups (broad SMARTS) is 1. The third-order valence-electron chi connectivity index (χ3n) is 2.60. The third-order valence-corrected chi connectivity index (χ3v) is 3.10. The fourth-order valence-corrected chi connectivity index (χ4v) is 2.08. The normalized spacial score (nSPS) is 11.9. The Labute approximate surface area is 118 Å². The molecule has 19 heavy (non-hydrogen) atoms. The van der Waals surface area contributed by atoms with E-state index < -0.39 is 5.97 Å². The van der Waals surface area contributed by atoms with Crippen LogP contribution >= 0.6 is 15.9 Å². The Kier molecular flexibility index (Phi) is 4.11. The fourth-order valence-electron chi connectivity index (χ4n) is 1.66. The van der Waals surface area contributed by atoms with Gasteiger partial charge < -0.3 is 10.4 Å². The molecule has 0 amide bonds. The van der Waals surface area contributed by atoms with Crippen molar-refractivity contribution in [2.45, 2.75) is 13.0 Å². The number of nitrogens with one attached hydrogen (secondary N) is 1. The summed E-state index contributed by atoms with van der Waals surface area (Å²) in [5.74, 6) is -0.834. The van der Waals surface area contributed by atoms with Crippen molar-refractivity contribution >= 4 is 27.7 Å². The van der Waals surface area contributed by atoms with Crippen molar-refractivity contribution < 1.29 is 9.90 Å². The number of nitrogens with zero attached hydrogens (tertiary/aromatic N) is 2. The number of carboxylic acids is 1. The molecular weight excluding hydrogens is 310 g/mol. The molecule has 2 aromatic rings. The molecule has 1 aromatic carbocycles. The van der Waals surface area contributed by atoms with Gasteiger partial charge in [0.2, 0.25) is 0 Å². The maximum Gasteiger partial charge on any atom is 0.358 e. The van der Waals surface area contributed by atoms with Crippen LogP contribution in [0.1, 0.15) is 29.0 Å². The van der Waals surface area contributed by atoms with Crippen LogP contribution < -0.4 is 5.32 Å². The molecule has 1 heterocycles. The van der Waals surface area contributed by atoms with Crippen LogP contribution in [0.5, 0.6) is 0 Å². The van der Waals surface area contributed by atoms with E-state index in [9.17, 15) is 4.79 Å². The molecule has 0 radical (unpaired) electrons. The van der Waals surface area contributed by atoms with Crippen LogP contribution in [0.2, 0.25) is 0 Å². The highest BCUT2D eigenvalue weighted by atomic mass is 79.9. The van der Waals surface area contributed by atoms with E-state index in [4.69, 9.17) is 5.11 Å². The SMILES string of the molecule is CC(Nc1nccnc1C(=O)O)c1cccc(Br)c1. The lowest BCUT2D eigenvalue weighted by molar-refractivity contribution is 0.0691. The van der Waals surface area contributed by atoms with Crippen LogP contribution in [0, 0.1) is 0 Å². The van der Waals surface area contributed by atoms with Gasteiger partial charge in [-0.15, -0.1) is 0 Å². The second kappa shape index (κ2) is 5.79. The molecule has 0 fully saturated rings. The lowest BCUT2D eigenvalue weighted by atomic mass is 10.1. The Morgan fingerprint density at radius 2 is 2.11 bits per heavy atom. The molecule has 0 saturated carbocycles. The van der Waals surface area contributed by atoms with E-state index in [1.54, 1.807) is 0 Å². The second-order valence-corrected chi connectivity index (χ2v) is 4.90. The molecule has 98 valence electrons. The minimum Gasteiger partial charge on any atom is -0.476 e. The summed E-state index contributed by atoms with van der Waals surface area (Å²) in [6, 6.07) is 7.70. The maximum absolute atomic E-state index is 11.0. The maximum atomic E-state index is 11.0. The Bertz CT molecular complexity index is 604. The highest BCUT2D eigenvalue weighted by Crippen LogP contribution is 2.22. The Morgan fingerprint density at radius 1 is 1.37 bits per heavy atom. The van der Waals surface area contributed by atoms with E-state index >= 15 is 0 Å². The zero-order chi connectivity index (χ0) is 13.8. The van der Waals surface area contributed by atoms with Crippen LogP contribution in [-0.2, 0) is 0 Å². The molecule has 2 N–H and O–H groups in total. The van der Waals surface area contributed by atoms with Crippen molar-refractivity contribution in [3.63, 3.8) is 0 Å². The molecule has 0 aliphatic carbocycles. The van der Waals surface area contributed by atoms with Crippen molar-refractivity contribution in [3.05, 3.63) is 52.4 Å². The van der Waals surface area contributed by atoms with E-state index in [2.05, 4.69) is 31.2 Å². The summed E-state index contributed by atoms with van der Waals surface area (Å²) in [4.78, 5) is 18.9. The molecule has 0 bridgehead atoms. The lowest BCUT2D eigenvalue weighted by Crippen LogP contribution is -2.13. The number of aromatic nitrogens is 2. The Morgan fingerprint density at radius 3 is 2.79 bits per heavy atom. The molecule has 1 atom stereocenters. The first-order valence-electron chi connectivity index (χ1n) is 5.64. The van der Waals surface area contributed by atoms with Crippen molar-refractivity contribution in [2.75, 3.05) is 5.32 Å². The van der Waals surface area contributed by atoms with Gasteiger partial charge in [0, 0.05) is 16.9 Å². The lowest BCUT2D eigenvalue weighted by Gasteiger charge is -2.16. The molecule has 1 unspecified atom stereocenters. The highest BCUT2D eigenvalue weighted by molar-refractivity contribution is 9.10. The van der Waals surface area contributed by atoms with Crippen LogP contribution in [0.3, 0.4) is 0 Å². The number of anilines is 1. The van der Waals surface area contributed by atoms with E-state index in [1.807, 2.05) is 31.2 Å². The minimum atomic E-state index is -1.10. The van der Waals surface area contributed by atoms with Gasteiger partial charge in [0.05, 0.1) is 6.04 Å². The van der Waals surface area contributed by atoms with Crippen LogP contribution in [0.4, 0.5) is 5.82 Å². The van der Waals surface area contributed by atoms with Gasteiger partial charge in [0.15, 0.2) is 11.5 Å². The molecule has 0 aliphatic heterocycles. The minimum absolute atomic E-state index is 0.0766. The summed E-state index contributed by atoms with van der Waals surface area (Å²) in [6.45, 7) is 1.93. The fraction of sp³-hybridized carbons (Fsp3) is 0.154. The first-order chi connectivity index (χ1) is 9.08. The van der Waals surface area contributed by atoms with Gasteiger partial charge in [-0.05, 0) is 24.6 Å². The third kappa shape index (κ3) is 3.29. The average Bonchev–Trinajstić information content (AvgIpc) is 2.39. The highest BCUT2D eigenvalue weighted by Gasteiger charge is 2.15. The topological polar surface area (TPSA) is 75.1 Å². The molecule has 6 heteroatoms. The predicted octanol–water partition coefficient (Wildman–Crippen LogP) is 3.11. The first kappa shape index (κ1) is 13.5. The van der Waals surface area contributed by atoms with E-state index in [0.29, 0.717) is 0 Å². The average molecular weight is 322 g/mol. The summed E-state index contributed by atoms with van der Waals surface area (Å²) in [5, 5.41) is 12.1. The largest absolute Gasteiger partial charge is 0.476 e. The number of aromatic carboxylic acids is 1. The molecular formula is C13H12BrN3O2. The molecule has 0 aliphatic rings. The molecule has 2 rings (SSSR count). The van der Waals surface area contributed by atoms with Crippen LogP contribution in [0.25, 0.3) is 0 Å². The summed E-state index contributed by atoms with van der Waals surface area (Å²) in [6.07, 6.45) is 2.82. The van der Waals surface area contributed by atoms with Gasteiger partial charge in [-0.2, -0.15) is 0 Å². The van der Waals surface area contributed by atoms with Crippen LogP contribution in [-0.4, -0.2) is 21.0 Å². The quantitative estimate of drug-likeness (QED) is 0.905. The van der Waals surface area contributed by atoms with Gasteiger partial charge in [-0.3, -0.25) is 0 Å². The van der Waals surface area contributed by atoms with E-state index in [-0.39, 0.29) is 17.6 Å². The van der Waals surface area contributed by atoms with Gasteiger partial charge in [0.1, 0.15) is 0 Å². The summed E-state index contributed by atoms with van der Waals surface area (Å²) in [7, 11) is 0. The van der Waals surface area contributed by atoms with E-state index in [0.717, 1.165) is 10.0 Å². The van der Waals surface area contributed by atoms with Crippen molar-refractivity contribution in [2.24, 2.45) is 0 Å². The standard InChI is InChI=1S/C13H12BrN3O2/c1-8(9-3-2-4-10(14)7-9)17-12-11(13(18)19)15-5-6-16-12/h2-8H,1H3,(H,16,17)(H,18,19). The number of hydrogen-bond donors (Lipinski definition) is 2. The zero-order valence-corrected chi connectivity index (χ0v) is 11.8. The van der Waals surface area contributed by atoms with Gasteiger partial charge >= 0.3 is 5.97 Å². The predicted molar refractivity (Wildman–Crippen MR) is 75.2 cm³/mol. The summed E-state index contributed by atoms with van der Waals surface area (Å²) < 4.78 is 0.969. The van der Waals surface area contributed by atoms with Gasteiger partial charge in [-0.1, -0.05) is 28.1 Å². The molecule has 0 saturated heterocycles. The van der Waals surface area contributed by atoms with Crippen molar-refractivity contribution in [1.82, 2.24) is 9.97 Å². The number of halogens is 1. The van der Waals surface area contributed by atoms with Gasteiger partial charge in [-0.25, -0.2) is 14.8 Å². The first-order valence-corrected chi connectivity index (χ1v) is 6.43. The molecule has 0 spiro atoms. The van der Waals surface area contributed by atoms with E-state index in [1.165, 1.54) is 12.4 Å². The number of benzene rings is 1. The van der Waals surface area contributed by atoms with Crippen LogP contribution in [0.15, 0.2) is 41.1 Å². The Balaban J connectivity index is 2.24. The summed E-state index contributed by atoms with van der Waals surface area (Å²) in [5.41, 5.74) is 0.945. The van der Waals surface area contributed by atoms with Crippen molar-refractivity contribution in [1.29, 1.82) is 0 Å². The smallest absolute Gasteiger partial charge is 0.358 e. The number of hydrogen-bond acceptors (Lipinski definition) is 4. The molecule has 5 nitrogen and oxygen atoms in total. The second-order valence-electron chi connectivity index (χ2n) is 3.98.